The Kier molecular flexibility index (Phi) is 2.19. The minimum absolute atomic E-state index is 0.0700. The Labute approximate surface area is 74.1 Å². The Morgan fingerprint density at radius 2 is 2.17 bits per heavy atom. The first kappa shape index (κ1) is 8.80. The number of anilines is 1. The lowest BCUT2D eigenvalue weighted by atomic mass is 10.2. The molecule has 0 aliphatic rings. The molecule has 64 valence electrons. The highest BCUT2D eigenvalue weighted by atomic mass is 35.5. The summed E-state index contributed by atoms with van der Waals surface area (Å²) < 4.78 is 0. The van der Waals surface area contributed by atoms with E-state index in [0.717, 1.165) is 0 Å². The first-order valence-electron chi connectivity index (χ1n) is 3.22. The average molecular weight is 187 g/mol. The van der Waals surface area contributed by atoms with Crippen molar-refractivity contribution < 1.29 is 4.92 Å². The van der Waals surface area contributed by atoms with E-state index in [1.807, 2.05) is 0 Å². The predicted molar refractivity (Wildman–Crippen MR) is 47.3 cm³/mol. The normalized spacial score (nSPS) is 9.83. The van der Waals surface area contributed by atoms with Crippen LogP contribution in [-0.2, 0) is 0 Å². The Morgan fingerprint density at radius 1 is 1.58 bits per heavy atom. The number of halogens is 1. The molecule has 0 bridgehead atoms. The lowest BCUT2D eigenvalue weighted by Crippen LogP contribution is -1.97. The van der Waals surface area contributed by atoms with Crippen LogP contribution in [0.3, 0.4) is 0 Å². The fourth-order valence-corrected chi connectivity index (χ4v) is 1.29. The molecule has 2 N–H and O–H groups in total. The summed E-state index contributed by atoms with van der Waals surface area (Å²) in [5, 5.41) is 10.8. The van der Waals surface area contributed by atoms with E-state index in [-0.39, 0.29) is 11.4 Å². The quantitative estimate of drug-likeness (QED) is 0.415. The van der Waals surface area contributed by atoms with Crippen molar-refractivity contribution in [2.24, 2.45) is 0 Å². The number of hydrogen-bond acceptors (Lipinski definition) is 3. The third-order valence-electron chi connectivity index (χ3n) is 1.48. The van der Waals surface area contributed by atoms with E-state index in [9.17, 15) is 10.1 Å². The van der Waals surface area contributed by atoms with Gasteiger partial charge in [0.2, 0.25) is 0 Å². The smallest absolute Gasteiger partial charge is 0.295 e. The van der Waals surface area contributed by atoms with Crippen molar-refractivity contribution in [3.05, 3.63) is 32.8 Å². The van der Waals surface area contributed by atoms with Crippen LogP contribution in [0.1, 0.15) is 5.56 Å². The maximum Gasteiger partial charge on any atom is 0.295 e. The maximum atomic E-state index is 10.4. The van der Waals surface area contributed by atoms with Gasteiger partial charge in [0, 0.05) is 10.6 Å². The van der Waals surface area contributed by atoms with Crippen molar-refractivity contribution in [3.8, 4) is 0 Å². The molecule has 0 atom stereocenters. The average Bonchev–Trinajstić information content (AvgIpc) is 1.82. The SMILES string of the molecule is Cc1cc(Cl)cc(N)c1[N+](=O)[O-]. The third kappa shape index (κ3) is 1.48. The van der Waals surface area contributed by atoms with Gasteiger partial charge >= 0.3 is 0 Å². The summed E-state index contributed by atoms with van der Waals surface area (Å²) in [5.41, 5.74) is 5.91. The van der Waals surface area contributed by atoms with Crippen LogP contribution < -0.4 is 5.73 Å². The van der Waals surface area contributed by atoms with Gasteiger partial charge in [0.25, 0.3) is 5.69 Å². The highest BCUT2D eigenvalue weighted by Gasteiger charge is 2.15. The van der Waals surface area contributed by atoms with E-state index in [0.29, 0.717) is 10.6 Å². The van der Waals surface area contributed by atoms with Crippen LogP contribution in [0, 0.1) is 17.0 Å². The van der Waals surface area contributed by atoms with Gasteiger partial charge in [-0.1, -0.05) is 11.6 Å². The van der Waals surface area contributed by atoms with E-state index in [1.165, 1.54) is 12.1 Å². The summed E-state index contributed by atoms with van der Waals surface area (Å²) in [4.78, 5) is 9.92. The summed E-state index contributed by atoms with van der Waals surface area (Å²) in [6.07, 6.45) is 0. The second kappa shape index (κ2) is 2.98. The molecular formula is C7H7ClN2O2. The van der Waals surface area contributed by atoms with Gasteiger partial charge in [0.15, 0.2) is 0 Å². The van der Waals surface area contributed by atoms with E-state index in [1.54, 1.807) is 6.92 Å². The Morgan fingerprint density at radius 3 is 2.58 bits per heavy atom. The molecule has 0 radical (unpaired) electrons. The van der Waals surface area contributed by atoms with Gasteiger partial charge in [-0.15, -0.1) is 0 Å². The molecule has 0 heterocycles. The largest absolute Gasteiger partial charge is 0.393 e. The fourth-order valence-electron chi connectivity index (χ4n) is 1.01. The standard InChI is InChI=1S/C7H7ClN2O2/c1-4-2-5(8)3-6(9)7(4)10(11)12/h2-3H,9H2,1H3. The summed E-state index contributed by atoms with van der Waals surface area (Å²) in [7, 11) is 0. The molecule has 1 aromatic carbocycles. The monoisotopic (exact) mass is 186 g/mol. The molecule has 0 saturated heterocycles. The van der Waals surface area contributed by atoms with Gasteiger partial charge in [-0.25, -0.2) is 0 Å². The van der Waals surface area contributed by atoms with Crippen molar-refractivity contribution in [3.63, 3.8) is 0 Å². The van der Waals surface area contributed by atoms with Crippen LogP contribution in [0.4, 0.5) is 11.4 Å². The van der Waals surface area contributed by atoms with E-state index < -0.39 is 4.92 Å². The Balaban J connectivity index is 3.38. The minimum atomic E-state index is -0.513. The van der Waals surface area contributed by atoms with E-state index >= 15 is 0 Å². The second-order valence-electron chi connectivity index (χ2n) is 2.42. The van der Waals surface area contributed by atoms with Crippen LogP contribution >= 0.6 is 11.6 Å². The molecule has 0 aliphatic carbocycles. The molecule has 1 rings (SSSR count). The zero-order valence-electron chi connectivity index (χ0n) is 6.37. The first-order valence-corrected chi connectivity index (χ1v) is 3.60. The van der Waals surface area contributed by atoms with Crippen molar-refractivity contribution in [2.75, 3.05) is 5.73 Å². The molecule has 0 aromatic heterocycles. The van der Waals surface area contributed by atoms with Crippen molar-refractivity contribution in [2.45, 2.75) is 6.92 Å². The molecular weight excluding hydrogens is 180 g/mol. The van der Waals surface area contributed by atoms with Crippen LogP contribution in [0.5, 0.6) is 0 Å². The number of nitrogen functional groups attached to an aromatic ring is 1. The summed E-state index contributed by atoms with van der Waals surface area (Å²) in [6.45, 7) is 1.60. The third-order valence-corrected chi connectivity index (χ3v) is 1.70. The number of aryl methyl sites for hydroxylation is 1. The van der Waals surface area contributed by atoms with Crippen LogP contribution in [0.25, 0.3) is 0 Å². The van der Waals surface area contributed by atoms with Gasteiger partial charge in [-0.3, -0.25) is 10.1 Å². The van der Waals surface area contributed by atoms with Gasteiger partial charge in [-0.2, -0.15) is 0 Å². The highest BCUT2D eigenvalue weighted by Crippen LogP contribution is 2.28. The zero-order valence-corrected chi connectivity index (χ0v) is 7.13. The number of hydrogen-bond donors (Lipinski definition) is 1. The van der Waals surface area contributed by atoms with Crippen molar-refractivity contribution >= 4 is 23.0 Å². The molecule has 5 heteroatoms. The predicted octanol–water partition coefficient (Wildman–Crippen LogP) is 2.14. The number of nitro groups is 1. The number of nitrogens with two attached hydrogens (primary N) is 1. The summed E-state index contributed by atoms with van der Waals surface area (Å²) in [6, 6.07) is 2.88. The van der Waals surface area contributed by atoms with Crippen molar-refractivity contribution in [1.82, 2.24) is 0 Å². The van der Waals surface area contributed by atoms with Gasteiger partial charge in [0.1, 0.15) is 5.69 Å². The molecule has 0 fully saturated rings. The van der Waals surface area contributed by atoms with Gasteiger partial charge in [-0.05, 0) is 19.1 Å². The number of benzene rings is 1. The Bertz CT molecular complexity index is 315. The van der Waals surface area contributed by atoms with Crippen molar-refractivity contribution in [1.29, 1.82) is 0 Å². The van der Waals surface area contributed by atoms with E-state index in [2.05, 4.69) is 0 Å². The fraction of sp³-hybridized carbons (Fsp3) is 0.143. The summed E-state index contributed by atoms with van der Waals surface area (Å²) >= 11 is 5.62. The second-order valence-corrected chi connectivity index (χ2v) is 2.85. The lowest BCUT2D eigenvalue weighted by Gasteiger charge is -2.00. The molecule has 0 spiro atoms. The van der Waals surface area contributed by atoms with Gasteiger partial charge < -0.3 is 5.73 Å². The van der Waals surface area contributed by atoms with Crippen LogP contribution in [0.15, 0.2) is 12.1 Å². The van der Waals surface area contributed by atoms with Crippen LogP contribution in [-0.4, -0.2) is 4.92 Å². The molecule has 4 nitrogen and oxygen atoms in total. The minimum Gasteiger partial charge on any atom is -0.393 e. The molecule has 0 aliphatic heterocycles. The topological polar surface area (TPSA) is 69.2 Å². The molecule has 0 saturated carbocycles. The van der Waals surface area contributed by atoms with Gasteiger partial charge in [0.05, 0.1) is 4.92 Å². The Hall–Kier alpha value is -1.29. The van der Waals surface area contributed by atoms with Crippen LogP contribution in [0.2, 0.25) is 5.02 Å². The first-order chi connectivity index (χ1) is 5.52. The molecule has 12 heavy (non-hydrogen) atoms. The van der Waals surface area contributed by atoms with E-state index in [4.69, 9.17) is 17.3 Å². The summed E-state index contributed by atoms with van der Waals surface area (Å²) in [5.74, 6) is 0. The molecule has 1 aromatic rings. The highest BCUT2D eigenvalue weighted by molar-refractivity contribution is 6.31. The molecule has 0 amide bonds. The number of nitro benzene ring substituents is 1. The molecule has 0 unspecified atom stereocenters. The zero-order chi connectivity index (χ0) is 9.30. The maximum absolute atomic E-state index is 10.4. The number of rotatable bonds is 1. The number of nitrogens with zero attached hydrogens (tertiary/aromatic N) is 1. The lowest BCUT2D eigenvalue weighted by molar-refractivity contribution is -0.384.